The first-order chi connectivity index (χ1) is 11.7. The molecule has 124 valence electrons. The fourth-order valence-electron chi connectivity index (χ4n) is 3.54. The van der Waals surface area contributed by atoms with Crippen molar-refractivity contribution in [1.82, 2.24) is 4.90 Å². The number of hydrogen-bond donors (Lipinski definition) is 1. The van der Waals surface area contributed by atoms with E-state index in [0.29, 0.717) is 31.9 Å². The number of rotatable bonds is 2. The lowest BCUT2D eigenvalue weighted by Gasteiger charge is -2.37. The highest BCUT2D eigenvalue weighted by Gasteiger charge is 2.31. The molecule has 0 saturated carbocycles. The SMILES string of the molecule is O=C(C1Cc2ccccc2N1)N1CCN(c2ccccc2F)CC1. The highest BCUT2D eigenvalue weighted by Crippen LogP contribution is 2.27. The van der Waals surface area contributed by atoms with E-state index in [4.69, 9.17) is 0 Å². The molecular weight excluding hydrogens is 305 g/mol. The van der Waals surface area contributed by atoms with Crippen LogP contribution >= 0.6 is 0 Å². The smallest absolute Gasteiger partial charge is 0.245 e. The van der Waals surface area contributed by atoms with Crippen molar-refractivity contribution in [2.24, 2.45) is 0 Å². The highest BCUT2D eigenvalue weighted by atomic mass is 19.1. The molecule has 24 heavy (non-hydrogen) atoms. The maximum absolute atomic E-state index is 13.9. The van der Waals surface area contributed by atoms with Gasteiger partial charge in [0.25, 0.3) is 0 Å². The van der Waals surface area contributed by atoms with Gasteiger partial charge in [-0.05, 0) is 23.8 Å². The maximum Gasteiger partial charge on any atom is 0.245 e. The third-order valence-electron chi connectivity index (χ3n) is 4.85. The Bertz CT molecular complexity index is 731. The van der Waals surface area contributed by atoms with Crippen molar-refractivity contribution in [2.45, 2.75) is 12.5 Å². The number of anilines is 2. The minimum atomic E-state index is -0.204. The number of carbonyl (C=O) groups is 1. The van der Waals surface area contributed by atoms with Gasteiger partial charge in [-0.1, -0.05) is 30.3 Å². The van der Waals surface area contributed by atoms with Crippen LogP contribution in [0.2, 0.25) is 0 Å². The number of nitrogens with zero attached hydrogens (tertiary/aromatic N) is 2. The Morgan fingerprint density at radius 2 is 1.71 bits per heavy atom. The lowest BCUT2D eigenvalue weighted by Crippen LogP contribution is -2.52. The summed E-state index contributed by atoms with van der Waals surface area (Å²) in [7, 11) is 0. The van der Waals surface area contributed by atoms with Gasteiger partial charge in [-0.3, -0.25) is 4.79 Å². The van der Waals surface area contributed by atoms with E-state index in [0.717, 1.165) is 12.1 Å². The summed E-state index contributed by atoms with van der Waals surface area (Å²) in [6.45, 7) is 2.57. The van der Waals surface area contributed by atoms with Crippen LogP contribution in [0.5, 0.6) is 0 Å². The molecule has 0 aliphatic carbocycles. The van der Waals surface area contributed by atoms with Gasteiger partial charge < -0.3 is 15.1 Å². The summed E-state index contributed by atoms with van der Waals surface area (Å²) in [6, 6.07) is 14.7. The number of nitrogens with one attached hydrogen (secondary N) is 1. The summed E-state index contributed by atoms with van der Waals surface area (Å²) in [5, 5.41) is 3.32. The molecule has 2 aromatic rings. The molecule has 0 bridgehead atoms. The average Bonchev–Trinajstić information content (AvgIpc) is 3.06. The molecule has 2 aliphatic rings. The van der Waals surface area contributed by atoms with E-state index in [1.54, 1.807) is 12.1 Å². The number of piperazine rings is 1. The lowest BCUT2D eigenvalue weighted by atomic mass is 10.1. The van der Waals surface area contributed by atoms with Gasteiger partial charge in [0.05, 0.1) is 5.69 Å². The standard InChI is InChI=1S/C19H20FN3O/c20-15-6-2-4-8-18(15)22-9-11-23(12-10-22)19(24)17-13-14-5-1-3-7-16(14)21-17/h1-8,17,21H,9-13H2. The molecule has 1 saturated heterocycles. The van der Waals surface area contributed by atoms with Crippen molar-refractivity contribution in [3.8, 4) is 0 Å². The highest BCUT2D eigenvalue weighted by molar-refractivity contribution is 5.87. The molecule has 0 aromatic heterocycles. The van der Waals surface area contributed by atoms with E-state index in [2.05, 4.69) is 11.4 Å². The fraction of sp³-hybridized carbons (Fsp3) is 0.316. The van der Waals surface area contributed by atoms with Gasteiger partial charge in [0.15, 0.2) is 0 Å². The van der Waals surface area contributed by atoms with Crippen LogP contribution in [-0.4, -0.2) is 43.0 Å². The van der Waals surface area contributed by atoms with Gasteiger partial charge in [0.1, 0.15) is 11.9 Å². The van der Waals surface area contributed by atoms with Gasteiger partial charge in [0, 0.05) is 38.3 Å². The molecule has 2 aromatic carbocycles. The second-order valence-electron chi connectivity index (χ2n) is 6.32. The van der Waals surface area contributed by atoms with Crippen molar-refractivity contribution in [3.63, 3.8) is 0 Å². The summed E-state index contributed by atoms with van der Waals surface area (Å²) < 4.78 is 13.9. The van der Waals surface area contributed by atoms with Crippen LogP contribution in [0, 0.1) is 5.82 Å². The quantitative estimate of drug-likeness (QED) is 0.921. The topological polar surface area (TPSA) is 35.6 Å². The second-order valence-corrected chi connectivity index (χ2v) is 6.32. The molecular formula is C19H20FN3O. The molecule has 0 radical (unpaired) electrons. The summed E-state index contributed by atoms with van der Waals surface area (Å²) in [5.41, 5.74) is 2.87. The van der Waals surface area contributed by atoms with Crippen LogP contribution < -0.4 is 10.2 Å². The predicted molar refractivity (Wildman–Crippen MR) is 92.7 cm³/mol. The van der Waals surface area contributed by atoms with Crippen molar-refractivity contribution in [3.05, 3.63) is 59.9 Å². The van der Waals surface area contributed by atoms with E-state index in [1.807, 2.05) is 34.1 Å². The van der Waals surface area contributed by atoms with Gasteiger partial charge >= 0.3 is 0 Å². The van der Waals surface area contributed by atoms with Gasteiger partial charge in [0.2, 0.25) is 5.91 Å². The Morgan fingerprint density at radius 1 is 1.00 bits per heavy atom. The number of amides is 1. The molecule has 1 unspecified atom stereocenters. The molecule has 1 atom stereocenters. The Kier molecular flexibility index (Phi) is 3.84. The van der Waals surface area contributed by atoms with Crippen molar-refractivity contribution < 1.29 is 9.18 Å². The molecule has 1 amide bonds. The van der Waals surface area contributed by atoms with E-state index < -0.39 is 0 Å². The van der Waals surface area contributed by atoms with Gasteiger partial charge in [-0.25, -0.2) is 4.39 Å². The number of para-hydroxylation sites is 2. The third kappa shape index (κ3) is 2.70. The summed E-state index contributed by atoms with van der Waals surface area (Å²) in [5.74, 6) is -0.0652. The summed E-state index contributed by atoms with van der Waals surface area (Å²) in [6.07, 6.45) is 0.739. The number of benzene rings is 2. The third-order valence-corrected chi connectivity index (χ3v) is 4.85. The van der Waals surface area contributed by atoms with Crippen LogP contribution in [0.25, 0.3) is 0 Å². The zero-order chi connectivity index (χ0) is 16.5. The van der Waals surface area contributed by atoms with Gasteiger partial charge in [-0.2, -0.15) is 0 Å². The van der Waals surface area contributed by atoms with Crippen LogP contribution in [0.4, 0.5) is 15.8 Å². The number of carbonyl (C=O) groups excluding carboxylic acids is 1. The lowest BCUT2D eigenvalue weighted by molar-refractivity contribution is -0.132. The first-order valence-corrected chi connectivity index (χ1v) is 8.35. The Labute approximate surface area is 140 Å². The number of fused-ring (bicyclic) bond motifs is 1. The van der Waals surface area contributed by atoms with E-state index >= 15 is 0 Å². The normalized spacial score (nSPS) is 19.8. The monoisotopic (exact) mass is 325 g/mol. The minimum absolute atomic E-state index is 0.138. The van der Waals surface area contributed by atoms with Crippen LogP contribution in [0.1, 0.15) is 5.56 Å². The Hall–Kier alpha value is -2.56. The van der Waals surface area contributed by atoms with E-state index in [9.17, 15) is 9.18 Å². The minimum Gasteiger partial charge on any atom is -0.373 e. The van der Waals surface area contributed by atoms with Crippen molar-refractivity contribution in [1.29, 1.82) is 0 Å². The zero-order valence-electron chi connectivity index (χ0n) is 13.4. The molecule has 5 heteroatoms. The first-order valence-electron chi connectivity index (χ1n) is 8.35. The molecule has 4 rings (SSSR count). The van der Waals surface area contributed by atoms with Crippen LogP contribution in [0.3, 0.4) is 0 Å². The molecule has 1 fully saturated rings. The molecule has 4 nitrogen and oxygen atoms in total. The largest absolute Gasteiger partial charge is 0.373 e. The average molecular weight is 325 g/mol. The Morgan fingerprint density at radius 3 is 2.46 bits per heavy atom. The molecule has 2 aliphatic heterocycles. The molecule has 2 heterocycles. The number of hydrogen-bond acceptors (Lipinski definition) is 3. The first kappa shape index (κ1) is 15.0. The zero-order valence-corrected chi connectivity index (χ0v) is 13.4. The molecule has 0 spiro atoms. The second kappa shape index (κ2) is 6.15. The maximum atomic E-state index is 13.9. The van der Waals surface area contributed by atoms with Crippen LogP contribution in [0.15, 0.2) is 48.5 Å². The number of halogens is 1. The fourth-order valence-corrected chi connectivity index (χ4v) is 3.54. The van der Waals surface area contributed by atoms with Crippen LogP contribution in [-0.2, 0) is 11.2 Å². The van der Waals surface area contributed by atoms with Crippen molar-refractivity contribution >= 4 is 17.3 Å². The summed E-state index contributed by atoms with van der Waals surface area (Å²) in [4.78, 5) is 16.6. The van der Waals surface area contributed by atoms with E-state index in [1.165, 1.54) is 11.6 Å². The summed E-state index contributed by atoms with van der Waals surface area (Å²) >= 11 is 0. The predicted octanol–water partition coefficient (Wildman–Crippen LogP) is 2.51. The Balaban J connectivity index is 1.38. The van der Waals surface area contributed by atoms with Gasteiger partial charge in [-0.15, -0.1) is 0 Å². The van der Waals surface area contributed by atoms with Crippen molar-refractivity contribution in [2.75, 3.05) is 36.4 Å². The molecule has 1 N–H and O–H groups in total. The van der Waals surface area contributed by atoms with E-state index in [-0.39, 0.29) is 17.8 Å².